The molecule has 2 rings (SSSR count). The Balaban J connectivity index is 1.86. The Morgan fingerprint density at radius 3 is 2.67 bits per heavy atom. The second-order valence-electron chi connectivity index (χ2n) is 5.45. The van der Waals surface area contributed by atoms with Gasteiger partial charge < -0.3 is 10.1 Å². The molecule has 0 unspecified atom stereocenters. The topological polar surface area (TPSA) is 116 Å². The lowest BCUT2D eigenvalue weighted by Gasteiger charge is -2.13. The van der Waals surface area contributed by atoms with Gasteiger partial charge in [-0.2, -0.15) is 4.39 Å². The van der Waals surface area contributed by atoms with Crippen LogP contribution in [0.1, 0.15) is 29.4 Å². The number of nitrogens with zero attached hydrogens (tertiary/aromatic N) is 1. The Morgan fingerprint density at radius 1 is 1.30 bits per heavy atom. The van der Waals surface area contributed by atoms with Crippen LogP contribution in [-0.2, 0) is 14.3 Å². The molecule has 27 heavy (non-hydrogen) atoms. The van der Waals surface area contributed by atoms with Gasteiger partial charge in [0.2, 0.25) is 5.82 Å². The van der Waals surface area contributed by atoms with E-state index in [4.69, 9.17) is 4.74 Å². The third kappa shape index (κ3) is 5.68. The first-order valence-electron chi connectivity index (χ1n) is 7.79. The van der Waals surface area contributed by atoms with Gasteiger partial charge in [0, 0.05) is 18.2 Å². The highest BCUT2D eigenvalue weighted by molar-refractivity contribution is 7.12. The monoisotopic (exact) mass is 394 g/mol. The van der Waals surface area contributed by atoms with Crippen molar-refractivity contribution in [1.29, 1.82) is 0 Å². The van der Waals surface area contributed by atoms with Crippen LogP contribution in [0.5, 0.6) is 0 Å². The lowest BCUT2D eigenvalue weighted by atomic mass is 10.2. The molecule has 0 aliphatic rings. The van der Waals surface area contributed by atoms with Crippen LogP contribution in [0.15, 0.2) is 35.7 Å². The van der Waals surface area contributed by atoms with Crippen LogP contribution in [0.3, 0.4) is 0 Å². The summed E-state index contributed by atoms with van der Waals surface area (Å²) in [4.78, 5) is 46.0. The summed E-state index contributed by atoms with van der Waals surface area (Å²) in [5.41, 5.74) is -0.798. The van der Waals surface area contributed by atoms with E-state index in [1.807, 2.05) is 0 Å². The Morgan fingerprint density at radius 2 is 2.04 bits per heavy atom. The van der Waals surface area contributed by atoms with Crippen LogP contribution >= 0.6 is 11.3 Å². The normalized spacial score (nSPS) is 11.5. The smallest absolute Gasteiger partial charge is 0.307 e. The molecule has 1 aromatic carbocycles. The number of hydrogen-bond acceptors (Lipinski definition) is 7. The maximum atomic E-state index is 13.3. The molecule has 0 radical (unpaired) electrons. The average Bonchev–Trinajstić information content (AvgIpc) is 3.15. The van der Waals surface area contributed by atoms with E-state index in [2.05, 4.69) is 5.32 Å². The van der Waals surface area contributed by atoms with Gasteiger partial charge >= 0.3 is 11.7 Å². The molecule has 0 spiro atoms. The number of Topliss-reactive ketones (excluding diaryl/α,β-unsaturated/α-hetero) is 1. The van der Waals surface area contributed by atoms with E-state index in [-0.39, 0.29) is 24.3 Å². The predicted octanol–water partition coefficient (Wildman–Crippen LogP) is 3.33. The van der Waals surface area contributed by atoms with E-state index in [0.717, 1.165) is 18.2 Å². The van der Waals surface area contributed by atoms with Crippen LogP contribution in [0.2, 0.25) is 0 Å². The minimum atomic E-state index is -1.20. The van der Waals surface area contributed by atoms with Gasteiger partial charge in [-0.3, -0.25) is 24.5 Å². The summed E-state index contributed by atoms with van der Waals surface area (Å²) in [5, 5.41) is 14.8. The summed E-state index contributed by atoms with van der Waals surface area (Å²) in [7, 11) is 0. The highest BCUT2D eigenvalue weighted by Crippen LogP contribution is 2.22. The summed E-state index contributed by atoms with van der Waals surface area (Å²) in [6.45, 7) is 1.31. The zero-order valence-electron chi connectivity index (χ0n) is 14.1. The third-order valence-corrected chi connectivity index (χ3v) is 4.35. The minimum Gasteiger partial charge on any atom is -0.453 e. The van der Waals surface area contributed by atoms with E-state index in [9.17, 15) is 28.9 Å². The molecule has 8 nitrogen and oxygen atoms in total. The molecule has 10 heteroatoms. The number of carbonyl (C=O) groups is 3. The number of nitro groups is 1. The van der Waals surface area contributed by atoms with Crippen molar-refractivity contribution in [1.82, 2.24) is 0 Å². The standard InChI is InChI=1S/C17H15FN2O6S/c1-10(26-16(22)7-6-14(21)15-3-2-8-27-15)17(23)19-11-4-5-12(18)13(9-11)20(24)25/h2-5,8-10H,6-7H2,1H3,(H,19,23)/t10-/m0/s1. The fourth-order valence-corrected chi connectivity index (χ4v) is 2.75. The number of hydrogen-bond donors (Lipinski definition) is 1. The number of halogens is 1. The largest absolute Gasteiger partial charge is 0.453 e. The van der Waals surface area contributed by atoms with Gasteiger partial charge in [-0.15, -0.1) is 11.3 Å². The second kappa shape index (κ2) is 8.99. The highest BCUT2D eigenvalue weighted by Gasteiger charge is 2.21. The van der Waals surface area contributed by atoms with E-state index in [0.29, 0.717) is 4.88 Å². The Hall–Kier alpha value is -3.14. The molecule has 1 N–H and O–H groups in total. The van der Waals surface area contributed by atoms with Crippen molar-refractivity contribution in [2.45, 2.75) is 25.9 Å². The van der Waals surface area contributed by atoms with E-state index < -0.39 is 34.4 Å². The molecule has 2 aromatic rings. The number of ketones is 1. The van der Waals surface area contributed by atoms with Gasteiger partial charge in [-0.1, -0.05) is 6.07 Å². The zero-order chi connectivity index (χ0) is 20.0. The number of nitrogens with one attached hydrogen (secondary N) is 1. The molecule has 1 heterocycles. The fraction of sp³-hybridized carbons (Fsp3) is 0.235. The number of nitro benzene ring substituents is 1. The van der Waals surface area contributed by atoms with Gasteiger partial charge in [0.25, 0.3) is 5.91 Å². The van der Waals surface area contributed by atoms with Gasteiger partial charge in [-0.05, 0) is 30.5 Å². The first kappa shape index (κ1) is 20.2. The summed E-state index contributed by atoms with van der Waals surface area (Å²) in [6, 6.07) is 6.23. The molecule has 1 amide bonds. The van der Waals surface area contributed by atoms with Gasteiger partial charge in [-0.25, -0.2) is 0 Å². The van der Waals surface area contributed by atoms with Crippen molar-refractivity contribution in [3.05, 3.63) is 56.5 Å². The first-order valence-corrected chi connectivity index (χ1v) is 8.67. The maximum absolute atomic E-state index is 13.3. The number of carbonyl (C=O) groups excluding carboxylic acids is 3. The average molecular weight is 394 g/mol. The molecular formula is C17H15FN2O6S. The molecule has 0 bridgehead atoms. The first-order chi connectivity index (χ1) is 12.8. The van der Waals surface area contributed by atoms with Crippen LogP contribution in [0.4, 0.5) is 15.8 Å². The summed E-state index contributed by atoms with van der Waals surface area (Å²) >= 11 is 1.27. The lowest BCUT2D eigenvalue weighted by molar-refractivity contribution is -0.387. The molecule has 0 fully saturated rings. The second-order valence-corrected chi connectivity index (χ2v) is 6.39. The molecule has 0 aliphatic carbocycles. The fourth-order valence-electron chi connectivity index (χ4n) is 2.06. The van der Waals surface area contributed by atoms with E-state index in [1.54, 1.807) is 17.5 Å². The zero-order valence-corrected chi connectivity index (χ0v) is 15.0. The minimum absolute atomic E-state index is 0.0103. The number of esters is 1. The van der Waals surface area contributed by atoms with Crippen LogP contribution < -0.4 is 5.32 Å². The highest BCUT2D eigenvalue weighted by atomic mass is 32.1. The molecule has 1 aromatic heterocycles. The lowest BCUT2D eigenvalue weighted by Crippen LogP contribution is -2.30. The van der Waals surface area contributed by atoms with Crippen molar-refractivity contribution in [2.24, 2.45) is 0 Å². The SMILES string of the molecule is C[C@H](OC(=O)CCC(=O)c1cccs1)C(=O)Nc1ccc(F)c([N+](=O)[O-])c1. The van der Waals surface area contributed by atoms with Crippen molar-refractivity contribution in [3.63, 3.8) is 0 Å². The predicted molar refractivity (Wildman–Crippen MR) is 95.1 cm³/mol. The molecule has 1 atom stereocenters. The van der Waals surface area contributed by atoms with Crippen molar-refractivity contribution >= 4 is 40.4 Å². The number of benzene rings is 1. The van der Waals surface area contributed by atoms with E-state index in [1.165, 1.54) is 18.3 Å². The van der Waals surface area contributed by atoms with Gasteiger partial charge in [0.1, 0.15) is 0 Å². The molecule has 142 valence electrons. The quantitative estimate of drug-likeness (QED) is 0.318. The Bertz CT molecular complexity index is 868. The Kier molecular flexibility index (Phi) is 6.72. The van der Waals surface area contributed by atoms with Crippen molar-refractivity contribution in [3.8, 4) is 0 Å². The molecular weight excluding hydrogens is 379 g/mol. The number of thiophene rings is 1. The van der Waals surface area contributed by atoms with Crippen molar-refractivity contribution in [2.75, 3.05) is 5.32 Å². The van der Waals surface area contributed by atoms with Gasteiger partial charge in [0.05, 0.1) is 16.2 Å². The summed E-state index contributed by atoms with van der Waals surface area (Å²) in [6.07, 6.45) is -1.42. The number of anilines is 1. The van der Waals surface area contributed by atoms with Crippen molar-refractivity contribution < 1.29 is 28.4 Å². The third-order valence-electron chi connectivity index (χ3n) is 3.44. The van der Waals surface area contributed by atoms with Crippen LogP contribution in [-0.4, -0.2) is 28.7 Å². The Labute approximate surface area is 157 Å². The number of amides is 1. The van der Waals surface area contributed by atoms with Crippen LogP contribution in [0.25, 0.3) is 0 Å². The van der Waals surface area contributed by atoms with Gasteiger partial charge in [0.15, 0.2) is 11.9 Å². The molecule has 0 saturated heterocycles. The summed E-state index contributed by atoms with van der Waals surface area (Å²) < 4.78 is 18.2. The molecule has 0 aliphatic heterocycles. The maximum Gasteiger partial charge on any atom is 0.307 e. The molecule has 0 saturated carbocycles. The van der Waals surface area contributed by atoms with Crippen LogP contribution in [0, 0.1) is 15.9 Å². The summed E-state index contributed by atoms with van der Waals surface area (Å²) in [5.74, 6) is -2.70. The number of ether oxygens (including phenoxy) is 1. The number of rotatable bonds is 8. The van der Waals surface area contributed by atoms with E-state index >= 15 is 0 Å².